The molecule has 0 aromatic heterocycles. The van der Waals surface area contributed by atoms with Crippen molar-refractivity contribution in [3.63, 3.8) is 0 Å². The number of aliphatic hydroxyl groups excluding tert-OH is 1. The van der Waals surface area contributed by atoms with Crippen molar-refractivity contribution in [3.8, 4) is 0 Å². The minimum atomic E-state index is -0.599. The van der Waals surface area contributed by atoms with Gasteiger partial charge in [-0.2, -0.15) is 0 Å². The predicted octanol–water partition coefficient (Wildman–Crippen LogP) is 3.51. The Kier molecular flexibility index (Phi) is 4.08. The molecule has 0 saturated heterocycles. The Balaban J connectivity index is 2.09. The van der Waals surface area contributed by atoms with Gasteiger partial charge in [-0.3, -0.25) is 0 Å². The van der Waals surface area contributed by atoms with E-state index in [0.29, 0.717) is 0 Å². The fourth-order valence-corrected chi connectivity index (χ4v) is 2.82. The van der Waals surface area contributed by atoms with Crippen molar-refractivity contribution in [2.75, 3.05) is 0 Å². The Morgan fingerprint density at radius 1 is 1.11 bits per heavy atom. The number of benzene rings is 1. The van der Waals surface area contributed by atoms with E-state index in [4.69, 9.17) is 5.73 Å². The molecule has 0 spiro atoms. The summed E-state index contributed by atoms with van der Waals surface area (Å²) in [6, 6.07) is 8.40. The third-order valence-corrected chi connectivity index (χ3v) is 4.03. The number of aliphatic hydroxyl groups is 1. The van der Waals surface area contributed by atoms with Crippen molar-refractivity contribution >= 4 is 0 Å². The molecule has 1 unspecified atom stereocenters. The van der Waals surface area contributed by atoms with Crippen LogP contribution in [0.1, 0.15) is 69.1 Å². The molecule has 1 aromatic rings. The molecule has 1 aliphatic carbocycles. The summed E-state index contributed by atoms with van der Waals surface area (Å²) in [5, 5.41) is 10.1. The van der Waals surface area contributed by atoms with Crippen LogP contribution in [0.3, 0.4) is 0 Å². The van der Waals surface area contributed by atoms with Gasteiger partial charge in [-0.15, -0.1) is 0 Å². The molecule has 2 heteroatoms. The zero-order chi connectivity index (χ0) is 13.2. The van der Waals surface area contributed by atoms with Crippen LogP contribution in [0.15, 0.2) is 24.3 Å². The molecule has 1 aliphatic rings. The minimum Gasteiger partial charge on any atom is -0.387 e. The van der Waals surface area contributed by atoms with Gasteiger partial charge in [-0.25, -0.2) is 0 Å². The number of nitrogens with two attached hydrogens (primary N) is 1. The Morgan fingerprint density at radius 2 is 1.67 bits per heavy atom. The second kappa shape index (κ2) is 5.41. The van der Waals surface area contributed by atoms with Crippen LogP contribution >= 0.6 is 0 Å². The summed E-state index contributed by atoms with van der Waals surface area (Å²) < 4.78 is 0. The van der Waals surface area contributed by atoms with E-state index in [1.54, 1.807) is 0 Å². The molecule has 2 nitrogen and oxygen atoms in total. The van der Waals surface area contributed by atoms with Gasteiger partial charge in [0, 0.05) is 5.54 Å². The Morgan fingerprint density at radius 3 is 2.17 bits per heavy atom. The van der Waals surface area contributed by atoms with Gasteiger partial charge in [0.05, 0.1) is 6.10 Å². The molecule has 1 saturated carbocycles. The van der Waals surface area contributed by atoms with Crippen LogP contribution in [-0.4, -0.2) is 10.6 Å². The third-order valence-electron chi connectivity index (χ3n) is 4.03. The molecule has 1 aromatic carbocycles. The Labute approximate surface area is 110 Å². The first-order chi connectivity index (χ1) is 8.48. The largest absolute Gasteiger partial charge is 0.387 e. The first kappa shape index (κ1) is 13.6. The highest BCUT2D eigenvalue weighted by Crippen LogP contribution is 2.33. The van der Waals surface area contributed by atoms with E-state index in [1.807, 2.05) is 26.0 Å². The lowest BCUT2D eigenvalue weighted by molar-refractivity contribution is 0.104. The van der Waals surface area contributed by atoms with Crippen molar-refractivity contribution in [3.05, 3.63) is 35.4 Å². The van der Waals surface area contributed by atoms with Crippen LogP contribution in [0.4, 0.5) is 0 Å². The quantitative estimate of drug-likeness (QED) is 0.858. The zero-order valence-electron chi connectivity index (χ0n) is 11.5. The number of rotatable bonds is 3. The van der Waals surface area contributed by atoms with E-state index in [9.17, 15) is 5.11 Å². The molecular formula is C16H25NO. The fraction of sp³-hybridized carbons (Fsp3) is 0.625. The Hall–Kier alpha value is -0.860. The molecule has 0 amide bonds. The van der Waals surface area contributed by atoms with Gasteiger partial charge in [-0.1, -0.05) is 43.5 Å². The summed E-state index contributed by atoms with van der Waals surface area (Å²) >= 11 is 0. The number of hydrogen-bond acceptors (Lipinski definition) is 2. The molecule has 3 N–H and O–H groups in total. The van der Waals surface area contributed by atoms with Gasteiger partial charge in [-0.05, 0) is 43.7 Å². The van der Waals surface area contributed by atoms with E-state index in [2.05, 4.69) is 12.1 Å². The van der Waals surface area contributed by atoms with Crippen LogP contribution in [0.25, 0.3) is 0 Å². The maximum absolute atomic E-state index is 10.1. The fourth-order valence-electron chi connectivity index (χ4n) is 2.82. The lowest BCUT2D eigenvalue weighted by atomic mass is 9.83. The summed E-state index contributed by atoms with van der Waals surface area (Å²) in [6.07, 6.45) is 6.11. The van der Waals surface area contributed by atoms with Gasteiger partial charge in [0.25, 0.3) is 0 Å². The Bertz CT molecular complexity index is 371. The molecule has 0 aliphatic heterocycles. The van der Waals surface area contributed by atoms with Gasteiger partial charge in [0.2, 0.25) is 0 Å². The normalized spacial score (nSPS) is 19.8. The monoisotopic (exact) mass is 247 g/mol. The molecule has 0 radical (unpaired) electrons. The minimum absolute atomic E-state index is 0.591. The third kappa shape index (κ3) is 3.12. The average molecular weight is 247 g/mol. The zero-order valence-corrected chi connectivity index (χ0v) is 11.5. The summed E-state index contributed by atoms with van der Waals surface area (Å²) in [6.45, 7) is 3.71. The maximum atomic E-state index is 10.1. The van der Waals surface area contributed by atoms with Crippen molar-refractivity contribution in [2.24, 2.45) is 5.73 Å². The van der Waals surface area contributed by atoms with Crippen LogP contribution in [-0.2, 0) is 0 Å². The van der Waals surface area contributed by atoms with E-state index in [1.165, 1.54) is 37.7 Å². The van der Waals surface area contributed by atoms with Crippen molar-refractivity contribution < 1.29 is 5.11 Å². The van der Waals surface area contributed by atoms with Gasteiger partial charge in [0.1, 0.15) is 0 Å². The van der Waals surface area contributed by atoms with E-state index < -0.39 is 11.6 Å². The molecular weight excluding hydrogens is 222 g/mol. The summed E-state index contributed by atoms with van der Waals surface area (Å²) in [7, 11) is 0. The summed E-state index contributed by atoms with van der Waals surface area (Å²) in [5.74, 6) is 0.718. The highest BCUT2D eigenvalue weighted by atomic mass is 16.3. The van der Waals surface area contributed by atoms with Crippen LogP contribution in [0.2, 0.25) is 0 Å². The second-order valence-electron chi connectivity index (χ2n) is 6.23. The highest BCUT2D eigenvalue weighted by molar-refractivity contribution is 5.28. The second-order valence-corrected chi connectivity index (χ2v) is 6.23. The first-order valence-corrected chi connectivity index (χ1v) is 7.05. The summed E-state index contributed by atoms with van der Waals surface area (Å²) in [5.41, 5.74) is 7.69. The van der Waals surface area contributed by atoms with Gasteiger partial charge < -0.3 is 10.8 Å². The SMILES string of the molecule is CC(C)(N)C(O)c1ccc(C2CCCCC2)cc1. The first-order valence-electron chi connectivity index (χ1n) is 7.05. The molecule has 18 heavy (non-hydrogen) atoms. The molecule has 0 heterocycles. The predicted molar refractivity (Wildman–Crippen MR) is 75.5 cm³/mol. The molecule has 100 valence electrons. The topological polar surface area (TPSA) is 46.2 Å². The lowest BCUT2D eigenvalue weighted by Crippen LogP contribution is -2.39. The summed E-state index contributed by atoms with van der Waals surface area (Å²) in [4.78, 5) is 0. The number of hydrogen-bond donors (Lipinski definition) is 2. The van der Waals surface area contributed by atoms with Crippen LogP contribution in [0.5, 0.6) is 0 Å². The van der Waals surface area contributed by atoms with E-state index in [0.717, 1.165) is 11.5 Å². The van der Waals surface area contributed by atoms with Crippen LogP contribution in [0, 0.1) is 0 Å². The average Bonchev–Trinajstić information content (AvgIpc) is 2.38. The van der Waals surface area contributed by atoms with E-state index in [-0.39, 0.29) is 0 Å². The van der Waals surface area contributed by atoms with Crippen LogP contribution < -0.4 is 5.73 Å². The standard InChI is InChI=1S/C16H25NO/c1-16(2,17)15(18)14-10-8-13(9-11-14)12-6-4-3-5-7-12/h8-12,15,18H,3-7,17H2,1-2H3. The molecule has 1 atom stereocenters. The highest BCUT2D eigenvalue weighted by Gasteiger charge is 2.24. The van der Waals surface area contributed by atoms with Gasteiger partial charge >= 0.3 is 0 Å². The molecule has 2 rings (SSSR count). The van der Waals surface area contributed by atoms with E-state index >= 15 is 0 Å². The van der Waals surface area contributed by atoms with Gasteiger partial charge in [0.15, 0.2) is 0 Å². The van der Waals surface area contributed by atoms with Crippen molar-refractivity contribution in [2.45, 2.75) is 63.5 Å². The maximum Gasteiger partial charge on any atom is 0.0963 e. The molecule has 0 bridgehead atoms. The van der Waals surface area contributed by atoms with Crippen molar-refractivity contribution in [1.82, 2.24) is 0 Å². The lowest BCUT2D eigenvalue weighted by Gasteiger charge is -2.27. The smallest absolute Gasteiger partial charge is 0.0963 e. The molecule has 1 fully saturated rings. The van der Waals surface area contributed by atoms with Crippen molar-refractivity contribution in [1.29, 1.82) is 0 Å².